The lowest BCUT2D eigenvalue weighted by Gasteiger charge is -2.18. The van der Waals surface area contributed by atoms with E-state index in [1.807, 2.05) is 13.8 Å². The molecule has 75 valence electrons. The molecule has 13 heavy (non-hydrogen) atoms. The van der Waals surface area contributed by atoms with Gasteiger partial charge in [-0.05, 0) is 12.8 Å². The van der Waals surface area contributed by atoms with Gasteiger partial charge in [0.15, 0.2) is 0 Å². The van der Waals surface area contributed by atoms with E-state index in [0.717, 1.165) is 6.42 Å². The van der Waals surface area contributed by atoms with Gasteiger partial charge in [0.1, 0.15) is 0 Å². The fraction of sp³-hybridized carbons (Fsp3) is 0.778. The van der Waals surface area contributed by atoms with Crippen LogP contribution >= 0.6 is 0 Å². The molecular formula is C9H17N2O2. The Labute approximate surface area is 78.9 Å². The van der Waals surface area contributed by atoms with Crippen molar-refractivity contribution in [1.82, 2.24) is 5.32 Å². The zero-order valence-electron chi connectivity index (χ0n) is 8.33. The lowest BCUT2D eigenvalue weighted by atomic mass is 10.0. The van der Waals surface area contributed by atoms with Gasteiger partial charge in [0, 0.05) is 0 Å². The molecule has 0 saturated heterocycles. The summed E-state index contributed by atoms with van der Waals surface area (Å²) in [5.41, 5.74) is 5.34. The molecule has 0 fully saturated rings. The van der Waals surface area contributed by atoms with Crippen molar-refractivity contribution in [2.45, 2.75) is 39.3 Å². The molecule has 0 aliphatic carbocycles. The summed E-state index contributed by atoms with van der Waals surface area (Å²) in [5.74, 6) is -0.214. The average molecular weight is 185 g/mol. The van der Waals surface area contributed by atoms with Crippen LogP contribution in [-0.2, 0) is 9.59 Å². The van der Waals surface area contributed by atoms with E-state index in [1.165, 1.54) is 0 Å². The SMILES string of the molecule is CC[C@H](C)[C@@H]([C]=O)NC(=O)[C@H](C)N. The maximum absolute atomic E-state index is 11.1. The van der Waals surface area contributed by atoms with E-state index >= 15 is 0 Å². The molecule has 4 nitrogen and oxygen atoms in total. The quantitative estimate of drug-likeness (QED) is 0.632. The second kappa shape index (κ2) is 5.70. The van der Waals surface area contributed by atoms with Crippen molar-refractivity contribution in [3.63, 3.8) is 0 Å². The Morgan fingerprint density at radius 2 is 2.08 bits per heavy atom. The van der Waals surface area contributed by atoms with E-state index in [9.17, 15) is 9.59 Å². The van der Waals surface area contributed by atoms with Crippen LogP contribution in [0.5, 0.6) is 0 Å². The molecule has 0 bridgehead atoms. The van der Waals surface area contributed by atoms with Gasteiger partial charge in [0.25, 0.3) is 0 Å². The Bertz CT molecular complexity index is 180. The Hall–Kier alpha value is -0.900. The van der Waals surface area contributed by atoms with E-state index in [2.05, 4.69) is 5.32 Å². The average Bonchev–Trinajstić information content (AvgIpc) is 2.12. The predicted octanol–water partition coefficient (Wildman–Crippen LogP) is -0.0258. The minimum atomic E-state index is -0.583. The second-order valence-corrected chi connectivity index (χ2v) is 3.28. The molecule has 0 aromatic carbocycles. The van der Waals surface area contributed by atoms with Gasteiger partial charge in [0.05, 0.1) is 12.1 Å². The van der Waals surface area contributed by atoms with E-state index in [-0.39, 0.29) is 11.8 Å². The predicted molar refractivity (Wildman–Crippen MR) is 50.7 cm³/mol. The van der Waals surface area contributed by atoms with E-state index in [0.29, 0.717) is 0 Å². The highest BCUT2D eigenvalue weighted by atomic mass is 16.2. The van der Waals surface area contributed by atoms with Crippen molar-refractivity contribution in [3.8, 4) is 0 Å². The molecule has 1 amide bonds. The van der Waals surface area contributed by atoms with Crippen LogP contribution in [0.15, 0.2) is 0 Å². The first kappa shape index (κ1) is 12.1. The second-order valence-electron chi connectivity index (χ2n) is 3.28. The molecule has 0 unspecified atom stereocenters. The zero-order valence-corrected chi connectivity index (χ0v) is 8.33. The third kappa shape index (κ3) is 4.03. The van der Waals surface area contributed by atoms with Gasteiger partial charge in [-0.1, -0.05) is 20.3 Å². The summed E-state index contributed by atoms with van der Waals surface area (Å²) in [7, 11) is 0. The normalized spacial score (nSPS) is 17.2. The lowest BCUT2D eigenvalue weighted by molar-refractivity contribution is -0.122. The van der Waals surface area contributed by atoms with Crippen molar-refractivity contribution in [2.24, 2.45) is 11.7 Å². The Kier molecular flexibility index (Phi) is 5.30. The van der Waals surface area contributed by atoms with Gasteiger partial charge < -0.3 is 11.1 Å². The largest absolute Gasteiger partial charge is 0.344 e. The highest BCUT2D eigenvalue weighted by Gasteiger charge is 2.19. The Balaban J connectivity index is 4.12. The van der Waals surface area contributed by atoms with Crippen LogP contribution in [0.1, 0.15) is 27.2 Å². The number of amides is 1. The van der Waals surface area contributed by atoms with Gasteiger partial charge in [-0.25, -0.2) is 0 Å². The van der Waals surface area contributed by atoms with Crippen LogP contribution in [0.3, 0.4) is 0 Å². The monoisotopic (exact) mass is 185 g/mol. The van der Waals surface area contributed by atoms with Gasteiger partial charge in [0.2, 0.25) is 12.2 Å². The fourth-order valence-corrected chi connectivity index (χ4v) is 0.808. The number of hydrogen-bond acceptors (Lipinski definition) is 3. The van der Waals surface area contributed by atoms with E-state index in [4.69, 9.17) is 5.73 Å². The summed E-state index contributed by atoms with van der Waals surface area (Å²) in [6.45, 7) is 5.41. The summed E-state index contributed by atoms with van der Waals surface area (Å²) in [4.78, 5) is 21.6. The minimum absolute atomic E-state index is 0.0974. The maximum Gasteiger partial charge on any atom is 0.237 e. The highest BCUT2D eigenvalue weighted by Crippen LogP contribution is 2.05. The zero-order chi connectivity index (χ0) is 10.4. The van der Waals surface area contributed by atoms with Gasteiger partial charge in [-0.3, -0.25) is 9.59 Å². The molecule has 0 spiro atoms. The van der Waals surface area contributed by atoms with Gasteiger partial charge in [-0.2, -0.15) is 0 Å². The third-order valence-corrected chi connectivity index (χ3v) is 2.05. The Morgan fingerprint density at radius 3 is 2.38 bits per heavy atom. The molecular weight excluding hydrogens is 168 g/mol. The maximum atomic E-state index is 11.1. The number of rotatable bonds is 5. The Morgan fingerprint density at radius 1 is 1.54 bits per heavy atom. The van der Waals surface area contributed by atoms with Crippen molar-refractivity contribution >= 4 is 12.2 Å². The van der Waals surface area contributed by atoms with Crippen LogP contribution in [0.25, 0.3) is 0 Å². The molecule has 0 heterocycles. The first-order valence-electron chi connectivity index (χ1n) is 4.46. The molecule has 0 aliphatic heterocycles. The molecule has 0 aliphatic rings. The van der Waals surface area contributed by atoms with Gasteiger partial charge >= 0.3 is 0 Å². The molecule has 3 N–H and O–H groups in total. The number of nitrogens with two attached hydrogens (primary N) is 1. The third-order valence-electron chi connectivity index (χ3n) is 2.05. The van der Waals surface area contributed by atoms with Crippen LogP contribution in [-0.4, -0.2) is 24.3 Å². The summed E-state index contributed by atoms with van der Waals surface area (Å²) < 4.78 is 0. The topological polar surface area (TPSA) is 72.2 Å². The lowest BCUT2D eigenvalue weighted by Crippen LogP contribution is -2.47. The number of hydrogen-bond donors (Lipinski definition) is 2. The summed E-state index contributed by atoms with van der Waals surface area (Å²) in [6, 6.07) is -1.12. The standard InChI is InChI=1S/C9H17N2O2/c1-4-6(2)8(5-12)11-9(13)7(3)10/h6-8H,4,10H2,1-3H3,(H,11,13)/t6-,7-,8+/m0/s1. The molecule has 3 atom stereocenters. The summed E-state index contributed by atoms with van der Waals surface area (Å²) >= 11 is 0. The summed E-state index contributed by atoms with van der Waals surface area (Å²) in [6.07, 6.45) is 2.62. The first-order valence-corrected chi connectivity index (χ1v) is 4.46. The smallest absolute Gasteiger partial charge is 0.237 e. The van der Waals surface area contributed by atoms with Crippen molar-refractivity contribution in [3.05, 3.63) is 0 Å². The number of carbonyl (C=O) groups excluding carboxylic acids is 2. The van der Waals surface area contributed by atoms with Crippen LogP contribution in [0.4, 0.5) is 0 Å². The fourth-order valence-electron chi connectivity index (χ4n) is 0.808. The van der Waals surface area contributed by atoms with Crippen molar-refractivity contribution in [1.29, 1.82) is 0 Å². The minimum Gasteiger partial charge on any atom is -0.344 e. The molecule has 0 aromatic heterocycles. The van der Waals surface area contributed by atoms with Crippen molar-refractivity contribution < 1.29 is 9.59 Å². The van der Waals surface area contributed by atoms with Crippen LogP contribution < -0.4 is 11.1 Å². The van der Waals surface area contributed by atoms with E-state index < -0.39 is 12.1 Å². The molecule has 4 heteroatoms. The first-order chi connectivity index (χ1) is 6.02. The van der Waals surface area contributed by atoms with Crippen LogP contribution in [0.2, 0.25) is 0 Å². The van der Waals surface area contributed by atoms with Crippen LogP contribution in [0, 0.1) is 5.92 Å². The number of nitrogens with one attached hydrogen (secondary N) is 1. The van der Waals surface area contributed by atoms with Crippen molar-refractivity contribution in [2.75, 3.05) is 0 Å². The highest BCUT2D eigenvalue weighted by molar-refractivity contribution is 5.83. The van der Waals surface area contributed by atoms with Gasteiger partial charge in [-0.15, -0.1) is 0 Å². The summed E-state index contributed by atoms with van der Waals surface area (Å²) in [5, 5.41) is 2.53. The molecule has 1 radical (unpaired) electrons. The molecule has 0 rings (SSSR count). The van der Waals surface area contributed by atoms with E-state index in [1.54, 1.807) is 13.2 Å². The molecule has 0 aromatic rings. The number of carbonyl (C=O) groups is 1. The molecule has 0 saturated carbocycles.